The summed E-state index contributed by atoms with van der Waals surface area (Å²) in [4.78, 5) is 0. The van der Waals surface area contributed by atoms with Crippen LogP contribution in [0.1, 0.15) is 20.8 Å². The van der Waals surface area contributed by atoms with E-state index in [-0.39, 0.29) is 23.7 Å². The van der Waals surface area contributed by atoms with Crippen LogP contribution < -0.4 is 9.47 Å². The molecule has 0 fully saturated rings. The van der Waals surface area contributed by atoms with Gasteiger partial charge in [-0.15, -0.1) is 0 Å². The van der Waals surface area contributed by atoms with Crippen molar-refractivity contribution in [3.63, 3.8) is 0 Å². The molecule has 7 heteroatoms. The van der Waals surface area contributed by atoms with Crippen LogP contribution in [-0.2, 0) is 9.05 Å². The number of hydrogen-bond acceptors (Lipinski definition) is 4. The first-order valence-electron chi connectivity index (χ1n) is 6.41. The highest BCUT2D eigenvalue weighted by Crippen LogP contribution is 2.32. The molecule has 0 aliphatic heterocycles. The molecular formula is C14H20BrClO4S. The molecule has 0 amide bonds. The summed E-state index contributed by atoms with van der Waals surface area (Å²) in [5, 5.41) is 0. The average Bonchev–Trinajstić information content (AvgIpc) is 2.33. The smallest absolute Gasteiger partial charge is 0.233 e. The lowest BCUT2D eigenvalue weighted by Crippen LogP contribution is -2.31. The highest BCUT2D eigenvalue weighted by atomic mass is 79.9. The van der Waals surface area contributed by atoms with Gasteiger partial charge in [0, 0.05) is 16.6 Å². The number of rotatable bonds is 6. The predicted octanol–water partition coefficient (Wildman–Crippen LogP) is 4.07. The van der Waals surface area contributed by atoms with E-state index in [1.165, 1.54) is 0 Å². The zero-order chi connectivity index (χ0) is 16.3. The molecule has 0 spiro atoms. The molecule has 0 bridgehead atoms. The van der Waals surface area contributed by atoms with Crippen LogP contribution in [0.15, 0.2) is 22.7 Å². The Kier molecular flexibility index (Phi) is 6.37. The fourth-order valence-corrected chi connectivity index (χ4v) is 3.71. The van der Waals surface area contributed by atoms with Crippen molar-refractivity contribution in [2.45, 2.75) is 20.8 Å². The molecule has 1 atom stereocenters. The van der Waals surface area contributed by atoms with E-state index in [2.05, 4.69) is 15.9 Å². The summed E-state index contributed by atoms with van der Waals surface area (Å²) in [6.07, 6.45) is 0. The van der Waals surface area contributed by atoms with Crippen molar-refractivity contribution in [2.75, 3.05) is 19.5 Å². The van der Waals surface area contributed by atoms with E-state index in [0.29, 0.717) is 11.5 Å². The second-order valence-electron chi connectivity index (χ2n) is 5.88. The molecule has 0 saturated carbocycles. The molecule has 0 heterocycles. The fraction of sp³-hybridized carbons (Fsp3) is 0.571. The van der Waals surface area contributed by atoms with Crippen molar-refractivity contribution < 1.29 is 17.9 Å². The lowest BCUT2D eigenvalue weighted by atomic mass is 9.82. The van der Waals surface area contributed by atoms with Crippen molar-refractivity contribution in [2.24, 2.45) is 11.3 Å². The van der Waals surface area contributed by atoms with Gasteiger partial charge in [-0.3, -0.25) is 0 Å². The maximum absolute atomic E-state index is 11.3. The second-order valence-corrected chi connectivity index (χ2v) is 9.55. The van der Waals surface area contributed by atoms with Crippen LogP contribution in [0, 0.1) is 11.3 Å². The minimum absolute atomic E-state index is 0.119. The maximum atomic E-state index is 11.3. The van der Waals surface area contributed by atoms with E-state index in [9.17, 15) is 8.42 Å². The molecule has 0 radical (unpaired) electrons. The van der Waals surface area contributed by atoms with E-state index >= 15 is 0 Å². The number of benzene rings is 1. The van der Waals surface area contributed by atoms with Gasteiger partial charge in [-0.25, -0.2) is 8.42 Å². The third-order valence-electron chi connectivity index (χ3n) is 3.20. The maximum Gasteiger partial charge on any atom is 0.233 e. The molecule has 1 rings (SSSR count). The lowest BCUT2D eigenvalue weighted by molar-refractivity contribution is 0.163. The average molecular weight is 400 g/mol. The first kappa shape index (κ1) is 18.6. The Morgan fingerprint density at radius 3 is 2.38 bits per heavy atom. The zero-order valence-corrected chi connectivity index (χ0v) is 15.7. The third kappa shape index (κ3) is 6.45. The number of hydrogen-bond donors (Lipinski definition) is 0. The van der Waals surface area contributed by atoms with Gasteiger partial charge in [0.1, 0.15) is 11.5 Å². The van der Waals surface area contributed by atoms with Gasteiger partial charge < -0.3 is 9.47 Å². The van der Waals surface area contributed by atoms with E-state index in [4.69, 9.17) is 20.2 Å². The molecule has 0 aliphatic rings. The van der Waals surface area contributed by atoms with Crippen LogP contribution in [-0.4, -0.2) is 27.9 Å². The summed E-state index contributed by atoms with van der Waals surface area (Å²) in [6, 6.07) is 5.35. The van der Waals surface area contributed by atoms with Gasteiger partial charge >= 0.3 is 0 Å². The van der Waals surface area contributed by atoms with E-state index in [1.54, 1.807) is 25.3 Å². The Morgan fingerprint density at radius 2 is 1.95 bits per heavy atom. The van der Waals surface area contributed by atoms with Crippen LogP contribution in [0.2, 0.25) is 0 Å². The summed E-state index contributed by atoms with van der Waals surface area (Å²) < 4.78 is 34.3. The monoisotopic (exact) mass is 398 g/mol. The highest BCUT2D eigenvalue weighted by molar-refractivity contribution is 9.10. The van der Waals surface area contributed by atoms with E-state index < -0.39 is 9.05 Å². The molecule has 1 aromatic rings. The van der Waals surface area contributed by atoms with Gasteiger partial charge in [0.25, 0.3) is 0 Å². The molecule has 0 aliphatic carbocycles. The molecule has 0 saturated heterocycles. The predicted molar refractivity (Wildman–Crippen MR) is 88.8 cm³/mol. The Bertz CT molecular complexity index is 581. The molecular weight excluding hydrogens is 380 g/mol. The number of ether oxygens (including phenoxy) is 2. The topological polar surface area (TPSA) is 52.6 Å². The van der Waals surface area contributed by atoms with Crippen molar-refractivity contribution in [3.05, 3.63) is 22.7 Å². The van der Waals surface area contributed by atoms with Gasteiger partial charge in [-0.2, -0.15) is 0 Å². The van der Waals surface area contributed by atoms with E-state index in [0.717, 1.165) is 4.47 Å². The van der Waals surface area contributed by atoms with E-state index in [1.807, 2.05) is 20.8 Å². The summed E-state index contributed by atoms with van der Waals surface area (Å²) in [6.45, 7) is 6.16. The molecule has 0 N–H and O–H groups in total. The van der Waals surface area contributed by atoms with Crippen molar-refractivity contribution >= 4 is 35.7 Å². The second kappa shape index (κ2) is 7.20. The Labute approximate surface area is 139 Å². The van der Waals surface area contributed by atoms with Crippen LogP contribution in [0.25, 0.3) is 0 Å². The zero-order valence-electron chi connectivity index (χ0n) is 12.5. The first-order chi connectivity index (χ1) is 9.53. The minimum atomic E-state index is -3.57. The fourth-order valence-electron chi connectivity index (χ4n) is 1.70. The van der Waals surface area contributed by atoms with Crippen LogP contribution in [0.3, 0.4) is 0 Å². The molecule has 1 unspecified atom stereocenters. The van der Waals surface area contributed by atoms with Gasteiger partial charge in [0.15, 0.2) is 0 Å². The highest BCUT2D eigenvalue weighted by Gasteiger charge is 2.29. The van der Waals surface area contributed by atoms with Crippen LogP contribution >= 0.6 is 26.6 Å². The summed E-state index contributed by atoms with van der Waals surface area (Å²) in [7, 11) is 3.39. The van der Waals surface area contributed by atoms with Crippen molar-refractivity contribution in [3.8, 4) is 11.5 Å². The van der Waals surface area contributed by atoms with Gasteiger partial charge in [-0.1, -0.05) is 20.8 Å². The quantitative estimate of drug-likeness (QED) is 0.677. The van der Waals surface area contributed by atoms with Gasteiger partial charge in [0.05, 0.1) is 23.9 Å². The summed E-state index contributed by atoms with van der Waals surface area (Å²) >= 11 is 3.40. The lowest BCUT2D eigenvalue weighted by Gasteiger charge is -2.29. The Morgan fingerprint density at radius 1 is 1.33 bits per heavy atom. The summed E-state index contributed by atoms with van der Waals surface area (Å²) in [5.74, 6) is 1.02. The Hall–Kier alpha value is -0.460. The normalized spacial score (nSPS) is 13.8. The molecule has 21 heavy (non-hydrogen) atoms. The first-order valence-corrected chi connectivity index (χ1v) is 9.69. The SMILES string of the molecule is COc1ccc(OCC(CS(=O)(=O)Cl)C(C)(C)C)c(Br)c1. The Balaban J connectivity index is 2.82. The van der Waals surface area contributed by atoms with Gasteiger partial charge in [0.2, 0.25) is 9.05 Å². The van der Waals surface area contributed by atoms with Crippen LogP contribution in [0.5, 0.6) is 11.5 Å². The molecule has 4 nitrogen and oxygen atoms in total. The summed E-state index contributed by atoms with van der Waals surface area (Å²) in [5.41, 5.74) is -0.235. The van der Waals surface area contributed by atoms with Crippen molar-refractivity contribution in [1.82, 2.24) is 0 Å². The van der Waals surface area contributed by atoms with Gasteiger partial charge in [-0.05, 0) is 39.5 Å². The molecule has 0 aromatic heterocycles. The molecule has 120 valence electrons. The largest absolute Gasteiger partial charge is 0.497 e. The standard InChI is InChI=1S/C14H20BrClO4S/c1-14(2,3)10(9-21(16,17)18)8-20-13-6-5-11(19-4)7-12(13)15/h5-7,10H,8-9H2,1-4H3. The minimum Gasteiger partial charge on any atom is -0.497 e. The number of methoxy groups -OCH3 is 1. The van der Waals surface area contributed by atoms with Crippen molar-refractivity contribution in [1.29, 1.82) is 0 Å². The molecule has 1 aromatic carbocycles. The van der Waals surface area contributed by atoms with Crippen LogP contribution in [0.4, 0.5) is 0 Å². The third-order valence-corrected chi connectivity index (χ3v) is 5.00. The number of halogens is 2.